The SMILES string of the molecule is CCCCCc1ccc(Nc2ncc(C(F)(F)F)c(OCCCC)n2)cc1. The van der Waals surface area contributed by atoms with Gasteiger partial charge >= 0.3 is 6.18 Å². The highest BCUT2D eigenvalue weighted by Gasteiger charge is 2.36. The second-order valence-electron chi connectivity index (χ2n) is 6.39. The van der Waals surface area contributed by atoms with Crippen LogP contribution in [-0.2, 0) is 12.6 Å². The van der Waals surface area contributed by atoms with Gasteiger partial charge in [0.05, 0.1) is 6.61 Å². The minimum absolute atomic E-state index is 0.0771. The number of benzene rings is 1. The number of nitrogens with zero attached hydrogens (tertiary/aromatic N) is 2. The van der Waals surface area contributed by atoms with Gasteiger partial charge in [0.15, 0.2) is 0 Å². The molecule has 0 fully saturated rings. The number of unbranched alkanes of at least 4 members (excludes halogenated alkanes) is 3. The van der Waals surface area contributed by atoms with E-state index in [9.17, 15) is 13.2 Å². The van der Waals surface area contributed by atoms with E-state index in [0.717, 1.165) is 25.5 Å². The zero-order chi connectivity index (χ0) is 19.7. The first kappa shape index (κ1) is 21.0. The van der Waals surface area contributed by atoms with Crippen molar-refractivity contribution in [3.63, 3.8) is 0 Å². The van der Waals surface area contributed by atoms with E-state index in [0.29, 0.717) is 12.1 Å². The average molecular weight is 381 g/mol. The Kier molecular flexibility index (Phi) is 7.88. The largest absolute Gasteiger partial charge is 0.477 e. The molecule has 0 saturated carbocycles. The Labute approximate surface area is 158 Å². The highest BCUT2D eigenvalue weighted by atomic mass is 19.4. The molecule has 0 unspecified atom stereocenters. The third-order valence-corrected chi connectivity index (χ3v) is 4.07. The minimum Gasteiger partial charge on any atom is -0.477 e. The van der Waals surface area contributed by atoms with Gasteiger partial charge in [-0.15, -0.1) is 0 Å². The number of anilines is 2. The van der Waals surface area contributed by atoms with E-state index < -0.39 is 17.6 Å². The number of alkyl halides is 3. The van der Waals surface area contributed by atoms with Gasteiger partial charge in [0.1, 0.15) is 5.56 Å². The first-order valence-electron chi connectivity index (χ1n) is 9.37. The molecule has 0 saturated heterocycles. The third-order valence-electron chi connectivity index (χ3n) is 4.07. The van der Waals surface area contributed by atoms with Gasteiger partial charge in [-0.25, -0.2) is 4.98 Å². The van der Waals surface area contributed by atoms with Crippen LogP contribution >= 0.6 is 0 Å². The molecule has 1 N–H and O–H groups in total. The number of nitrogens with one attached hydrogen (secondary N) is 1. The molecule has 2 aromatic rings. The maximum absolute atomic E-state index is 13.1. The van der Waals surface area contributed by atoms with Crippen LogP contribution in [0.3, 0.4) is 0 Å². The van der Waals surface area contributed by atoms with Crippen molar-refractivity contribution >= 4 is 11.6 Å². The molecule has 1 aromatic heterocycles. The van der Waals surface area contributed by atoms with E-state index in [2.05, 4.69) is 22.2 Å². The lowest BCUT2D eigenvalue weighted by Crippen LogP contribution is -2.13. The Hall–Kier alpha value is -2.31. The van der Waals surface area contributed by atoms with Crippen molar-refractivity contribution in [1.29, 1.82) is 0 Å². The summed E-state index contributed by atoms with van der Waals surface area (Å²) in [6.45, 7) is 4.28. The topological polar surface area (TPSA) is 47.0 Å². The third kappa shape index (κ3) is 6.73. The van der Waals surface area contributed by atoms with Crippen molar-refractivity contribution in [3.8, 4) is 5.88 Å². The Morgan fingerprint density at radius 2 is 1.70 bits per heavy atom. The summed E-state index contributed by atoms with van der Waals surface area (Å²) in [5.41, 5.74) is 0.981. The molecule has 27 heavy (non-hydrogen) atoms. The lowest BCUT2D eigenvalue weighted by molar-refractivity contribution is -0.139. The smallest absolute Gasteiger partial charge is 0.423 e. The normalized spacial score (nSPS) is 11.4. The van der Waals surface area contributed by atoms with Crippen LogP contribution in [0.1, 0.15) is 57.1 Å². The summed E-state index contributed by atoms with van der Waals surface area (Å²) in [7, 11) is 0. The molecule has 0 radical (unpaired) electrons. The quantitative estimate of drug-likeness (QED) is 0.501. The fourth-order valence-corrected chi connectivity index (χ4v) is 2.51. The molecular formula is C20H26F3N3O. The van der Waals surface area contributed by atoms with Crippen molar-refractivity contribution in [1.82, 2.24) is 9.97 Å². The highest BCUT2D eigenvalue weighted by molar-refractivity contribution is 5.54. The number of rotatable bonds is 10. The van der Waals surface area contributed by atoms with Crippen LogP contribution in [0.2, 0.25) is 0 Å². The van der Waals surface area contributed by atoms with Crippen molar-refractivity contribution in [2.45, 2.75) is 58.5 Å². The van der Waals surface area contributed by atoms with Crippen LogP contribution in [0.4, 0.5) is 24.8 Å². The second-order valence-corrected chi connectivity index (χ2v) is 6.39. The molecule has 0 aliphatic carbocycles. The molecule has 148 valence electrons. The molecule has 0 aliphatic rings. The summed E-state index contributed by atoms with van der Waals surface area (Å²) in [6, 6.07) is 7.75. The summed E-state index contributed by atoms with van der Waals surface area (Å²) >= 11 is 0. The Balaban J connectivity index is 2.10. The molecule has 0 bridgehead atoms. The number of ether oxygens (including phenoxy) is 1. The molecule has 4 nitrogen and oxygen atoms in total. The molecule has 0 amide bonds. The summed E-state index contributed by atoms with van der Waals surface area (Å²) in [6.07, 6.45) is 2.21. The zero-order valence-corrected chi connectivity index (χ0v) is 15.8. The summed E-state index contributed by atoms with van der Waals surface area (Å²) in [4.78, 5) is 7.72. The Morgan fingerprint density at radius 3 is 2.33 bits per heavy atom. The molecule has 0 aliphatic heterocycles. The molecule has 7 heteroatoms. The fourth-order valence-electron chi connectivity index (χ4n) is 2.51. The lowest BCUT2D eigenvalue weighted by atomic mass is 10.1. The van der Waals surface area contributed by atoms with E-state index in [1.165, 1.54) is 18.4 Å². The molecular weight excluding hydrogens is 355 g/mol. The number of hydrogen-bond donors (Lipinski definition) is 1. The maximum Gasteiger partial charge on any atom is 0.423 e. The fraction of sp³-hybridized carbons (Fsp3) is 0.500. The number of aryl methyl sites for hydroxylation is 1. The summed E-state index contributed by atoms with van der Waals surface area (Å²) in [5, 5.41) is 2.94. The second kappa shape index (κ2) is 10.1. The van der Waals surface area contributed by atoms with Gasteiger partial charge in [-0.2, -0.15) is 18.2 Å². The van der Waals surface area contributed by atoms with Gasteiger partial charge in [0.2, 0.25) is 11.8 Å². The van der Waals surface area contributed by atoms with E-state index in [1.807, 2.05) is 31.2 Å². The summed E-state index contributed by atoms with van der Waals surface area (Å²) in [5.74, 6) is -0.363. The first-order valence-corrected chi connectivity index (χ1v) is 9.37. The minimum atomic E-state index is -4.56. The molecule has 0 atom stereocenters. The molecule has 0 spiro atoms. The van der Waals surface area contributed by atoms with Gasteiger partial charge in [-0.3, -0.25) is 0 Å². The Morgan fingerprint density at radius 1 is 1.00 bits per heavy atom. The van der Waals surface area contributed by atoms with Gasteiger partial charge in [0, 0.05) is 11.9 Å². The predicted molar refractivity (Wildman–Crippen MR) is 100 cm³/mol. The molecule has 1 aromatic carbocycles. The van der Waals surface area contributed by atoms with E-state index >= 15 is 0 Å². The van der Waals surface area contributed by atoms with Gasteiger partial charge in [-0.1, -0.05) is 45.2 Å². The standard InChI is InChI=1S/C20H26F3N3O/c1-3-5-7-8-15-9-11-16(12-10-15)25-19-24-14-17(20(21,22)23)18(26-19)27-13-6-4-2/h9-12,14H,3-8,13H2,1-2H3,(H,24,25,26). The van der Waals surface area contributed by atoms with Gasteiger partial charge in [0.25, 0.3) is 0 Å². The number of halogens is 3. The van der Waals surface area contributed by atoms with Crippen molar-refractivity contribution in [2.24, 2.45) is 0 Å². The first-order chi connectivity index (χ1) is 12.9. The maximum atomic E-state index is 13.1. The number of hydrogen-bond acceptors (Lipinski definition) is 4. The van der Waals surface area contributed by atoms with E-state index in [4.69, 9.17) is 4.74 Å². The monoisotopic (exact) mass is 381 g/mol. The summed E-state index contributed by atoms with van der Waals surface area (Å²) < 4.78 is 44.6. The average Bonchev–Trinajstić information content (AvgIpc) is 2.63. The van der Waals surface area contributed by atoms with Crippen LogP contribution in [0.15, 0.2) is 30.5 Å². The highest BCUT2D eigenvalue weighted by Crippen LogP contribution is 2.35. The van der Waals surface area contributed by atoms with Crippen molar-refractivity contribution in [3.05, 3.63) is 41.6 Å². The van der Waals surface area contributed by atoms with Crippen LogP contribution in [0.5, 0.6) is 5.88 Å². The van der Waals surface area contributed by atoms with Gasteiger partial charge in [-0.05, 0) is 37.0 Å². The molecule has 2 rings (SSSR count). The van der Waals surface area contributed by atoms with E-state index in [1.54, 1.807) is 0 Å². The lowest BCUT2D eigenvalue weighted by Gasteiger charge is -2.14. The molecule has 1 heterocycles. The van der Waals surface area contributed by atoms with Gasteiger partial charge < -0.3 is 10.1 Å². The van der Waals surface area contributed by atoms with Crippen molar-refractivity contribution in [2.75, 3.05) is 11.9 Å². The van der Waals surface area contributed by atoms with Crippen LogP contribution in [-0.4, -0.2) is 16.6 Å². The van der Waals surface area contributed by atoms with Crippen LogP contribution < -0.4 is 10.1 Å². The predicted octanol–water partition coefficient (Wildman–Crippen LogP) is 6.15. The zero-order valence-electron chi connectivity index (χ0n) is 15.8. The van der Waals surface area contributed by atoms with Crippen LogP contribution in [0, 0.1) is 0 Å². The van der Waals surface area contributed by atoms with Crippen molar-refractivity contribution < 1.29 is 17.9 Å². The van der Waals surface area contributed by atoms with Crippen LogP contribution in [0.25, 0.3) is 0 Å². The Bertz CT molecular complexity index is 703. The van der Waals surface area contributed by atoms with E-state index in [-0.39, 0.29) is 12.6 Å². The number of aromatic nitrogens is 2.